The Morgan fingerprint density at radius 3 is 2.35 bits per heavy atom. The minimum Gasteiger partial charge on any atom is -0.356 e. The molecule has 3 rings (SSSR count). The lowest BCUT2D eigenvalue weighted by Crippen LogP contribution is -2.27. The van der Waals surface area contributed by atoms with Crippen LogP contribution in [0.3, 0.4) is 0 Å². The SMILES string of the molecule is ClCc1cc(N2CCc3ccccc3CC2)ncc1Cl. The van der Waals surface area contributed by atoms with Crippen LogP contribution >= 0.6 is 23.2 Å². The highest BCUT2D eigenvalue weighted by Gasteiger charge is 2.15. The standard InChI is InChI=1S/C16H16Cl2N2/c17-10-14-9-16(19-11-15(14)18)20-7-5-12-3-1-2-4-13(12)6-8-20/h1-4,9,11H,5-8,10H2. The quantitative estimate of drug-likeness (QED) is 0.777. The van der Waals surface area contributed by atoms with Crippen LogP contribution < -0.4 is 4.90 Å². The third kappa shape index (κ3) is 2.77. The van der Waals surface area contributed by atoms with Gasteiger partial charge in [0.15, 0.2) is 0 Å². The summed E-state index contributed by atoms with van der Waals surface area (Å²) in [4.78, 5) is 6.76. The summed E-state index contributed by atoms with van der Waals surface area (Å²) in [5, 5.41) is 0.641. The van der Waals surface area contributed by atoms with Gasteiger partial charge in [0.25, 0.3) is 0 Å². The average Bonchev–Trinajstić information content (AvgIpc) is 2.70. The molecule has 2 heterocycles. The van der Waals surface area contributed by atoms with Gasteiger partial charge in [0.1, 0.15) is 5.82 Å². The molecule has 0 saturated carbocycles. The second kappa shape index (κ2) is 6.02. The summed E-state index contributed by atoms with van der Waals surface area (Å²) in [5.41, 5.74) is 3.84. The highest BCUT2D eigenvalue weighted by atomic mass is 35.5. The molecule has 1 aromatic carbocycles. The van der Waals surface area contributed by atoms with E-state index in [-0.39, 0.29) is 0 Å². The fraction of sp³-hybridized carbons (Fsp3) is 0.312. The van der Waals surface area contributed by atoms with E-state index in [1.54, 1.807) is 6.20 Å². The predicted octanol–water partition coefficient (Wildman–Crippen LogP) is 4.08. The summed E-state index contributed by atoms with van der Waals surface area (Å²) < 4.78 is 0. The molecular weight excluding hydrogens is 291 g/mol. The molecule has 2 aromatic rings. The van der Waals surface area contributed by atoms with Crippen LogP contribution in [-0.4, -0.2) is 18.1 Å². The molecule has 0 saturated heterocycles. The first-order chi connectivity index (χ1) is 9.78. The number of benzene rings is 1. The highest BCUT2D eigenvalue weighted by molar-refractivity contribution is 6.32. The monoisotopic (exact) mass is 306 g/mol. The molecule has 0 aliphatic carbocycles. The van der Waals surface area contributed by atoms with Crippen molar-refractivity contribution < 1.29 is 0 Å². The average molecular weight is 307 g/mol. The van der Waals surface area contributed by atoms with Gasteiger partial charge in [-0.2, -0.15) is 0 Å². The summed E-state index contributed by atoms with van der Waals surface area (Å²) in [6.07, 6.45) is 3.81. The molecule has 4 heteroatoms. The lowest BCUT2D eigenvalue weighted by atomic mass is 10.0. The number of halogens is 2. The lowest BCUT2D eigenvalue weighted by Gasteiger charge is -2.22. The molecule has 0 fully saturated rings. The first-order valence-electron chi connectivity index (χ1n) is 6.80. The molecule has 0 N–H and O–H groups in total. The summed E-state index contributed by atoms with van der Waals surface area (Å²) in [5.74, 6) is 1.39. The minimum absolute atomic E-state index is 0.419. The molecule has 1 aliphatic rings. The van der Waals surface area contributed by atoms with Gasteiger partial charge in [-0.1, -0.05) is 35.9 Å². The van der Waals surface area contributed by atoms with Crippen LogP contribution in [0.5, 0.6) is 0 Å². The zero-order chi connectivity index (χ0) is 13.9. The highest BCUT2D eigenvalue weighted by Crippen LogP contribution is 2.24. The molecule has 0 amide bonds. The Hall–Kier alpha value is -1.25. The third-order valence-corrected chi connectivity index (χ3v) is 4.44. The van der Waals surface area contributed by atoms with E-state index >= 15 is 0 Å². The Morgan fingerprint density at radius 1 is 1.10 bits per heavy atom. The van der Waals surface area contributed by atoms with Crippen molar-refractivity contribution in [1.82, 2.24) is 4.98 Å². The number of rotatable bonds is 2. The van der Waals surface area contributed by atoms with Gasteiger partial charge >= 0.3 is 0 Å². The van der Waals surface area contributed by atoms with Gasteiger partial charge < -0.3 is 4.90 Å². The zero-order valence-corrected chi connectivity index (χ0v) is 12.7. The summed E-state index contributed by atoms with van der Waals surface area (Å²) in [6, 6.07) is 10.7. The Morgan fingerprint density at radius 2 is 1.75 bits per heavy atom. The number of anilines is 1. The van der Waals surface area contributed by atoms with Gasteiger partial charge in [0.2, 0.25) is 0 Å². The smallest absolute Gasteiger partial charge is 0.128 e. The van der Waals surface area contributed by atoms with Crippen molar-refractivity contribution in [3.63, 3.8) is 0 Å². The number of hydrogen-bond acceptors (Lipinski definition) is 2. The van der Waals surface area contributed by atoms with E-state index in [0.717, 1.165) is 37.3 Å². The van der Waals surface area contributed by atoms with Gasteiger partial charge in [-0.25, -0.2) is 4.98 Å². The number of hydrogen-bond donors (Lipinski definition) is 0. The molecule has 104 valence electrons. The normalized spacial score (nSPS) is 14.8. The molecule has 0 spiro atoms. The largest absolute Gasteiger partial charge is 0.356 e. The van der Waals surface area contributed by atoms with E-state index < -0.39 is 0 Å². The first-order valence-corrected chi connectivity index (χ1v) is 7.71. The second-order valence-corrected chi connectivity index (χ2v) is 5.70. The van der Waals surface area contributed by atoms with E-state index in [4.69, 9.17) is 23.2 Å². The van der Waals surface area contributed by atoms with Crippen molar-refractivity contribution in [2.75, 3.05) is 18.0 Å². The maximum absolute atomic E-state index is 6.08. The van der Waals surface area contributed by atoms with Gasteiger partial charge in [0, 0.05) is 25.2 Å². The van der Waals surface area contributed by atoms with E-state index in [1.165, 1.54) is 11.1 Å². The molecular formula is C16H16Cl2N2. The van der Waals surface area contributed by atoms with E-state index in [0.29, 0.717) is 10.9 Å². The van der Waals surface area contributed by atoms with Crippen molar-refractivity contribution >= 4 is 29.0 Å². The van der Waals surface area contributed by atoms with Crippen LogP contribution in [0.4, 0.5) is 5.82 Å². The van der Waals surface area contributed by atoms with E-state index in [9.17, 15) is 0 Å². The Kier molecular flexibility index (Phi) is 4.13. The fourth-order valence-electron chi connectivity index (χ4n) is 2.64. The first kappa shape index (κ1) is 13.7. The van der Waals surface area contributed by atoms with E-state index in [2.05, 4.69) is 34.1 Å². The molecule has 1 aromatic heterocycles. The van der Waals surface area contributed by atoms with Gasteiger partial charge in [0.05, 0.1) is 5.02 Å². The number of alkyl halides is 1. The van der Waals surface area contributed by atoms with Crippen molar-refractivity contribution in [1.29, 1.82) is 0 Å². The van der Waals surface area contributed by atoms with Crippen molar-refractivity contribution in [3.05, 3.63) is 58.2 Å². The van der Waals surface area contributed by atoms with Crippen LogP contribution in [0.15, 0.2) is 36.5 Å². The summed E-state index contributed by atoms with van der Waals surface area (Å²) in [6.45, 7) is 1.96. The topological polar surface area (TPSA) is 16.1 Å². The molecule has 0 atom stereocenters. The third-order valence-electron chi connectivity index (χ3n) is 3.81. The minimum atomic E-state index is 0.419. The number of pyridine rings is 1. The predicted molar refractivity (Wildman–Crippen MR) is 84.9 cm³/mol. The number of fused-ring (bicyclic) bond motifs is 1. The molecule has 0 radical (unpaired) electrons. The van der Waals surface area contributed by atoms with Crippen molar-refractivity contribution in [2.45, 2.75) is 18.7 Å². The second-order valence-electron chi connectivity index (χ2n) is 5.02. The van der Waals surface area contributed by atoms with Crippen LogP contribution in [0.2, 0.25) is 5.02 Å². The van der Waals surface area contributed by atoms with Crippen LogP contribution in [0.25, 0.3) is 0 Å². The Balaban J connectivity index is 1.83. The van der Waals surface area contributed by atoms with Crippen molar-refractivity contribution in [3.8, 4) is 0 Å². The fourth-order valence-corrected chi connectivity index (χ4v) is 3.10. The van der Waals surface area contributed by atoms with Gasteiger partial charge in [-0.3, -0.25) is 0 Å². The van der Waals surface area contributed by atoms with Crippen LogP contribution in [0, 0.1) is 0 Å². The lowest BCUT2D eigenvalue weighted by molar-refractivity contribution is 0.790. The maximum Gasteiger partial charge on any atom is 0.128 e. The van der Waals surface area contributed by atoms with Crippen LogP contribution in [-0.2, 0) is 18.7 Å². The molecule has 20 heavy (non-hydrogen) atoms. The summed E-state index contributed by atoms with van der Waals surface area (Å²) >= 11 is 12.0. The van der Waals surface area contributed by atoms with Crippen LogP contribution in [0.1, 0.15) is 16.7 Å². The zero-order valence-electron chi connectivity index (χ0n) is 11.1. The van der Waals surface area contributed by atoms with E-state index in [1.807, 2.05) is 6.07 Å². The Bertz CT molecular complexity index is 586. The molecule has 2 nitrogen and oxygen atoms in total. The Labute approximate surface area is 129 Å². The molecule has 0 bridgehead atoms. The van der Waals surface area contributed by atoms with Gasteiger partial charge in [-0.15, -0.1) is 11.6 Å². The number of nitrogens with zero attached hydrogens (tertiary/aromatic N) is 2. The molecule has 0 unspecified atom stereocenters. The summed E-state index contributed by atoms with van der Waals surface area (Å²) in [7, 11) is 0. The number of aromatic nitrogens is 1. The van der Waals surface area contributed by atoms with Crippen molar-refractivity contribution in [2.24, 2.45) is 0 Å². The van der Waals surface area contributed by atoms with Gasteiger partial charge in [-0.05, 0) is 35.6 Å². The molecule has 1 aliphatic heterocycles. The maximum atomic E-state index is 6.08.